The summed E-state index contributed by atoms with van der Waals surface area (Å²) in [7, 11) is 0. The van der Waals surface area contributed by atoms with Gasteiger partial charge in [0, 0.05) is 23.5 Å². The summed E-state index contributed by atoms with van der Waals surface area (Å²) in [5, 5.41) is 2.95. The first-order valence-corrected chi connectivity index (χ1v) is 8.22. The Bertz CT molecular complexity index is 734. The van der Waals surface area contributed by atoms with E-state index in [1.165, 1.54) is 5.56 Å². The lowest BCUT2D eigenvalue weighted by atomic mass is 10.1. The maximum absolute atomic E-state index is 12.4. The van der Waals surface area contributed by atoms with Crippen molar-refractivity contribution < 1.29 is 4.79 Å². The minimum absolute atomic E-state index is 0.186. The summed E-state index contributed by atoms with van der Waals surface area (Å²) in [5.41, 5.74) is 3.04. The van der Waals surface area contributed by atoms with Crippen LogP contribution in [0.25, 0.3) is 0 Å². The Labute approximate surface area is 144 Å². The summed E-state index contributed by atoms with van der Waals surface area (Å²) in [6.07, 6.45) is 0. The van der Waals surface area contributed by atoms with Crippen LogP contribution < -0.4 is 10.2 Å². The van der Waals surface area contributed by atoms with Crippen molar-refractivity contribution in [2.45, 2.75) is 47.1 Å². The molecule has 128 valence electrons. The van der Waals surface area contributed by atoms with Gasteiger partial charge in [0.15, 0.2) is 0 Å². The van der Waals surface area contributed by atoms with Crippen molar-refractivity contribution >= 4 is 17.5 Å². The molecule has 0 saturated carbocycles. The topological polar surface area (TPSA) is 58.1 Å². The molecule has 24 heavy (non-hydrogen) atoms. The molecule has 0 spiro atoms. The first-order chi connectivity index (χ1) is 11.2. The lowest BCUT2D eigenvalue weighted by Crippen LogP contribution is -2.41. The summed E-state index contributed by atoms with van der Waals surface area (Å²) in [5.74, 6) is 0.358. The molecule has 5 heteroatoms. The van der Waals surface area contributed by atoms with Crippen molar-refractivity contribution in [3.8, 4) is 0 Å². The van der Waals surface area contributed by atoms with Gasteiger partial charge in [-0.25, -0.2) is 9.97 Å². The molecule has 2 aromatic rings. The van der Waals surface area contributed by atoms with Gasteiger partial charge in [-0.1, -0.05) is 12.1 Å². The normalized spacial score (nSPS) is 11.2. The Hall–Kier alpha value is -2.43. The van der Waals surface area contributed by atoms with Crippen LogP contribution in [0.4, 0.5) is 11.6 Å². The molecule has 1 heterocycles. The summed E-state index contributed by atoms with van der Waals surface area (Å²) in [4.78, 5) is 23.5. The zero-order valence-electron chi connectivity index (χ0n) is 15.3. The molecule has 2 rings (SSSR count). The lowest BCUT2D eigenvalue weighted by Gasteiger charge is -2.23. The number of nitrogens with zero attached hydrogens (tertiary/aromatic N) is 3. The van der Waals surface area contributed by atoms with E-state index < -0.39 is 0 Å². The Morgan fingerprint density at radius 3 is 2.46 bits per heavy atom. The van der Waals surface area contributed by atoms with E-state index in [2.05, 4.69) is 34.3 Å². The molecule has 0 bridgehead atoms. The molecule has 0 unspecified atom stereocenters. The van der Waals surface area contributed by atoms with Crippen molar-refractivity contribution in [3.63, 3.8) is 0 Å². The van der Waals surface area contributed by atoms with E-state index in [0.29, 0.717) is 18.2 Å². The molecule has 0 saturated heterocycles. The number of aryl methyl sites for hydroxylation is 2. The van der Waals surface area contributed by atoms with Crippen LogP contribution in [0.3, 0.4) is 0 Å². The molecule has 1 aromatic heterocycles. The van der Waals surface area contributed by atoms with Crippen LogP contribution in [0.5, 0.6) is 0 Å². The van der Waals surface area contributed by atoms with E-state index in [-0.39, 0.29) is 11.4 Å². The molecule has 0 aliphatic heterocycles. The third kappa shape index (κ3) is 4.54. The number of rotatable bonds is 4. The van der Waals surface area contributed by atoms with Crippen LogP contribution in [-0.2, 0) is 0 Å². The number of carbonyl (C=O) groups excluding carboxylic acids is 1. The highest BCUT2D eigenvalue weighted by molar-refractivity contribution is 5.93. The zero-order chi connectivity index (χ0) is 17.9. The highest BCUT2D eigenvalue weighted by atomic mass is 16.2. The molecule has 1 aromatic carbocycles. The van der Waals surface area contributed by atoms with Gasteiger partial charge < -0.3 is 10.2 Å². The third-order valence-corrected chi connectivity index (χ3v) is 3.43. The molecule has 0 aliphatic rings. The van der Waals surface area contributed by atoms with Crippen LogP contribution in [0.1, 0.15) is 49.4 Å². The van der Waals surface area contributed by atoms with E-state index in [1.807, 2.05) is 51.7 Å². The predicted molar refractivity (Wildman–Crippen MR) is 97.8 cm³/mol. The van der Waals surface area contributed by atoms with Crippen LogP contribution in [0.2, 0.25) is 0 Å². The maximum atomic E-state index is 12.4. The highest BCUT2D eigenvalue weighted by Crippen LogP contribution is 2.23. The molecular formula is C19H26N4O. The van der Waals surface area contributed by atoms with Crippen molar-refractivity contribution in [1.29, 1.82) is 0 Å². The van der Waals surface area contributed by atoms with Gasteiger partial charge in [-0.3, -0.25) is 4.79 Å². The number of benzene rings is 1. The second kappa shape index (κ2) is 6.99. The molecular weight excluding hydrogens is 300 g/mol. The third-order valence-electron chi connectivity index (χ3n) is 3.43. The van der Waals surface area contributed by atoms with Gasteiger partial charge in [0.1, 0.15) is 5.69 Å². The van der Waals surface area contributed by atoms with Gasteiger partial charge in [-0.05, 0) is 65.3 Å². The quantitative estimate of drug-likeness (QED) is 0.929. The molecule has 0 aliphatic carbocycles. The molecule has 0 radical (unpaired) electrons. The van der Waals surface area contributed by atoms with Crippen LogP contribution >= 0.6 is 0 Å². The van der Waals surface area contributed by atoms with Gasteiger partial charge in [0.2, 0.25) is 5.95 Å². The Balaban J connectivity index is 2.41. The van der Waals surface area contributed by atoms with Crippen molar-refractivity contribution in [2.24, 2.45) is 0 Å². The number of anilines is 2. The predicted octanol–water partition coefficient (Wildman–Crippen LogP) is 3.78. The average Bonchev–Trinajstić information content (AvgIpc) is 2.46. The monoisotopic (exact) mass is 326 g/mol. The van der Waals surface area contributed by atoms with Crippen LogP contribution in [0, 0.1) is 13.8 Å². The number of nitrogens with one attached hydrogen (secondary N) is 1. The van der Waals surface area contributed by atoms with Crippen molar-refractivity contribution in [3.05, 3.63) is 47.3 Å². The molecule has 1 amide bonds. The Kier molecular flexibility index (Phi) is 5.22. The number of hydrogen-bond donors (Lipinski definition) is 1. The summed E-state index contributed by atoms with van der Waals surface area (Å²) in [6, 6.07) is 9.89. The first kappa shape index (κ1) is 17.9. The number of amides is 1. The Morgan fingerprint density at radius 2 is 1.88 bits per heavy atom. The second-order valence-corrected chi connectivity index (χ2v) is 6.98. The van der Waals surface area contributed by atoms with Gasteiger partial charge in [0.05, 0.1) is 0 Å². The fraction of sp³-hybridized carbons (Fsp3) is 0.421. The van der Waals surface area contributed by atoms with E-state index in [9.17, 15) is 4.79 Å². The summed E-state index contributed by atoms with van der Waals surface area (Å²) >= 11 is 0. The average molecular weight is 326 g/mol. The van der Waals surface area contributed by atoms with Crippen LogP contribution in [0.15, 0.2) is 30.3 Å². The number of carbonyl (C=O) groups is 1. The lowest BCUT2D eigenvalue weighted by molar-refractivity contribution is 0.0914. The van der Waals surface area contributed by atoms with E-state index in [0.717, 1.165) is 11.4 Å². The van der Waals surface area contributed by atoms with E-state index in [4.69, 9.17) is 0 Å². The van der Waals surface area contributed by atoms with Gasteiger partial charge in [-0.2, -0.15) is 0 Å². The standard InChI is InChI=1S/C19H26N4O/c1-7-23(15-10-8-9-13(2)11-15)18-20-14(3)12-16(21-18)17(24)22-19(4,5)6/h8-12H,7H2,1-6H3,(H,22,24). The largest absolute Gasteiger partial charge is 0.346 e. The summed E-state index contributed by atoms with van der Waals surface area (Å²) in [6.45, 7) is 12.5. The highest BCUT2D eigenvalue weighted by Gasteiger charge is 2.19. The number of aromatic nitrogens is 2. The molecule has 0 fully saturated rings. The van der Waals surface area contributed by atoms with Gasteiger partial charge >= 0.3 is 0 Å². The first-order valence-electron chi connectivity index (χ1n) is 8.22. The smallest absolute Gasteiger partial charge is 0.270 e. The van der Waals surface area contributed by atoms with E-state index >= 15 is 0 Å². The second-order valence-electron chi connectivity index (χ2n) is 6.98. The molecule has 5 nitrogen and oxygen atoms in total. The SMILES string of the molecule is CCN(c1cccc(C)c1)c1nc(C)cc(C(=O)NC(C)(C)C)n1. The van der Waals surface area contributed by atoms with Gasteiger partial charge in [-0.15, -0.1) is 0 Å². The molecule has 0 atom stereocenters. The zero-order valence-corrected chi connectivity index (χ0v) is 15.3. The van der Waals surface area contributed by atoms with Crippen LogP contribution in [-0.4, -0.2) is 28.0 Å². The fourth-order valence-corrected chi connectivity index (χ4v) is 2.43. The summed E-state index contributed by atoms with van der Waals surface area (Å²) < 4.78 is 0. The van der Waals surface area contributed by atoms with Gasteiger partial charge in [0.25, 0.3) is 5.91 Å². The Morgan fingerprint density at radius 1 is 1.17 bits per heavy atom. The minimum Gasteiger partial charge on any atom is -0.346 e. The van der Waals surface area contributed by atoms with Crippen molar-refractivity contribution in [1.82, 2.24) is 15.3 Å². The minimum atomic E-state index is -0.308. The fourth-order valence-electron chi connectivity index (χ4n) is 2.43. The molecule has 1 N–H and O–H groups in total. The van der Waals surface area contributed by atoms with Crippen molar-refractivity contribution in [2.75, 3.05) is 11.4 Å². The van der Waals surface area contributed by atoms with E-state index in [1.54, 1.807) is 6.07 Å². The maximum Gasteiger partial charge on any atom is 0.270 e. The number of hydrogen-bond acceptors (Lipinski definition) is 4.